The summed E-state index contributed by atoms with van der Waals surface area (Å²) in [7, 11) is 0. The molecule has 1 aliphatic rings. The van der Waals surface area contributed by atoms with E-state index in [-0.39, 0.29) is 12.5 Å². The molecular formula is C15H26N4O2. The van der Waals surface area contributed by atoms with Gasteiger partial charge >= 0.3 is 5.97 Å². The molecule has 1 saturated heterocycles. The molecule has 1 aliphatic heterocycles. The predicted molar refractivity (Wildman–Crippen MR) is 81.1 cm³/mol. The monoisotopic (exact) mass is 294 g/mol. The van der Waals surface area contributed by atoms with Crippen molar-refractivity contribution in [2.75, 3.05) is 26.2 Å². The van der Waals surface area contributed by atoms with Gasteiger partial charge in [0.25, 0.3) is 0 Å². The average Bonchev–Trinajstić information content (AvgIpc) is 2.67. The lowest BCUT2D eigenvalue weighted by atomic mass is 10.1. The standard InChI is InChI=1S/C15H26N4O2/c1-5-21-15(20)10-19-13(4)14(12(3)17-19)9-18-7-6-16-11(2)8-18/h11,16H,5-10H2,1-4H3. The number of esters is 1. The number of carbonyl (C=O) groups excluding carboxylic acids is 1. The summed E-state index contributed by atoms with van der Waals surface area (Å²) in [5, 5.41) is 7.94. The van der Waals surface area contributed by atoms with Crippen LogP contribution in [-0.2, 0) is 22.6 Å². The highest BCUT2D eigenvalue weighted by Crippen LogP contribution is 2.16. The summed E-state index contributed by atoms with van der Waals surface area (Å²) in [6.45, 7) is 12.7. The number of nitrogens with one attached hydrogen (secondary N) is 1. The minimum absolute atomic E-state index is 0.193. The average molecular weight is 294 g/mol. The molecule has 21 heavy (non-hydrogen) atoms. The van der Waals surface area contributed by atoms with E-state index in [2.05, 4.69) is 22.2 Å². The van der Waals surface area contributed by atoms with Crippen LogP contribution in [0.15, 0.2) is 0 Å². The van der Waals surface area contributed by atoms with Crippen molar-refractivity contribution in [3.63, 3.8) is 0 Å². The summed E-state index contributed by atoms with van der Waals surface area (Å²) in [5.41, 5.74) is 3.29. The third kappa shape index (κ3) is 4.04. The van der Waals surface area contributed by atoms with Crippen molar-refractivity contribution in [2.24, 2.45) is 0 Å². The number of carbonyl (C=O) groups is 1. The van der Waals surface area contributed by atoms with Gasteiger partial charge < -0.3 is 10.1 Å². The number of rotatable bonds is 5. The normalized spacial score (nSPS) is 19.7. The topological polar surface area (TPSA) is 59.4 Å². The summed E-state index contributed by atoms with van der Waals surface area (Å²) in [6, 6.07) is 0.522. The minimum atomic E-state index is -0.231. The Hall–Kier alpha value is -1.40. The molecule has 0 aliphatic carbocycles. The van der Waals surface area contributed by atoms with Crippen LogP contribution in [0, 0.1) is 13.8 Å². The zero-order valence-electron chi connectivity index (χ0n) is 13.5. The molecule has 118 valence electrons. The molecule has 0 bridgehead atoms. The van der Waals surface area contributed by atoms with Gasteiger partial charge in [0.15, 0.2) is 0 Å². The summed E-state index contributed by atoms with van der Waals surface area (Å²) in [5.74, 6) is -0.231. The SMILES string of the molecule is CCOC(=O)Cn1nc(C)c(CN2CCNC(C)C2)c1C. The molecule has 2 rings (SSSR count). The van der Waals surface area contributed by atoms with Gasteiger partial charge in [-0.05, 0) is 27.7 Å². The molecule has 1 aromatic heterocycles. The minimum Gasteiger partial charge on any atom is -0.465 e. The number of piperazine rings is 1. The van der Waals surface area contributed by atoms with Crippen molar-refractivity contribution in [2.45, 2.75) is 46.8 Å². The maximum Gasteiger partial charge on any atom is 0.327 e. The summed E-state index contributed by atoms with van der Waals surface area (Å²) in [6.07, 6.45) is 0. The summed E-state index contributed by atoms with van der Waals surface area (Å²) >= 11 is 0. The Bertz CT molecular complexity index is 498. The van der Waals surface area contributed by atoms with Gasteiger partial charge in [-0.1, -0.05) is 0 Å². The quantitative estimate of drug-likeness (QED) is 0.816. The zero-order chi connectivity index (χ0) is 15.4. The fourth-order valence-electron chi connectivity index (χ4n) is 2.83. The molecule has 6 heteroatoms. The molecule has 1 unspecified atom stereocenters. The smallest absolute Gasteiger partial charge is 0.327 e. The molecule has 1 atom stereocenters. The Morgan fingerprint density at radius 2 is 2.24 bits per heavy atom. The van der Waals surface area contributed by atoms with Gasteiger partial charge in [-0.3, -0.25) is 14.4 Å². The molecule has 0 radical (unpaired) electrons. The zero-order valence-corrected chi connectivity index (χ0v) is 13.5. The van der Waals surface area contributed by atoms with Crippen LogP contribution in [0.2, 0.25) is 0 Å². The molecular weight excluding hydrogens is 268 g/mol. The van der Waals surface area contributed by atoms with Crippen LogP contribution in [0.1, 0.15) is 30.8 Å². The molecule has 2 heterocycles. The number of hydrogen-bond acceptors (Lipinski definition) is 5. The van der Waals surface area contributed by atoms with E-state index in [9.17, 15) is 4.79 Å². The Balaban J connectivity index is 2.06. The number of nitrogens with zero attached hydrogens (tertiary/aromatic N) is 3. The maximum absolute atomic E-state index is 11.6. The Labute approximate surface area is 126 Å². The van der Waals surface area contributed by atoms with Crippen molar-refractivity contribution in [1.29, 1.82) is 0 Å². The third-order valence-electron chi connectivity index (χ3n) is 3.95. The van der Waals surface area contributed by atoms with Gasteiger partial charge in [0.05, 0.1) is 12.3 Å². The first-order chi connectivity index (χ1) is 10.0. The van der Waals surface area contributed by atoms with Crippen molar-refractivity contribution in [3.05, 3.63) is 17.0 Å². The fraction of sp³-hybridized carbons (Fsp3) is 0.733. The molecule has 0 aromatic carbocycles. The van der Waals surface area contributed by atoms with Crippen LogP contribution in [0.3, 0.4) is 0 Å². The van der Waals surface area contributed by atoms with Gasteiger partial charge in [-0.25, -0.2) is 0 Å². The van der Waals surface area contributed by atoms with Crippen LogP contribution in [0.25, 0.3) is 0 Å². The molecule has 0 amide bonds. The molecule has 1 aromatic rings. The van der Waals surface area contributed by atoms with E-state index in [1.165, 1.54) is 5.56 Å². The largest absolute Gasteiger partial charge is 0.465 e. The second-order valence-corrected chi connectivity index (χ2v) is 5.70. The van der Waals surface area contributed by atoms with E-state index in [1.807, 2.05) is 20.8 Å². The second-order valence-electron chi connectivity index (χ2n) is 5.70. The van der Waals surface area contributed by atoms with Crippen LogP contribution in [0.4, 0.5) is 0 Å². The second kappa shape index (κ2) is 7.04. The van der Waals surface area contributed by atoms with E-state index < -0.39 is 0 Å². The summed E-state index contributed by atoms with van der Waals surface area (Å²) in [4.78, 5) is 14.1. The summed E-state index contributed by atoms with van der Waals surface area (Å²) < 4.78 is 6.75. The van der Waals surface area contributed by atoms with Gasteiger partial charge in [-0.2, -0.15) is 5.10 Å². The Morgan fingerprint density at radius 3 is 2.90 bits per heavy atom. The van der Waals surface area contributed by atoms with E-state index in [0.717, 1.165) is 37.6 Å². The number of ether oxygens (including phenoxy) is 1. The van der Waals surface area contributed by atoms with Crippen molar-refractivity contribution >= 4 is 5.97 Å². The molecule has 1 N–H and O–H groups in total. The Kier molecular flexibility index (Phi) is 5.36. The van der Waals surface area contributed by atoms with Crippen molar-refractivity contribution in [3.8, 4) is 0 Å². The lowest BCUT2D eigenvalue weighted by Gasteiger charge is -2.31. The first kappa shape index (κ1) is 16.0. The van der Waals surface area contributed by atoms with Gasteiger partial charge in [0, 0.05) is 43.5 Å². The van der Waals surface area contributed by atoms with Gasteiger partial charge in [-0.15, -0.1) is 0 Å². The van der Waals surface area contributed by atoms with Crippen molar-refractivity contribution in [1.82, 2.24) is 20.0 Å². The first-order valence-electron chi connectivity index (χ1n) is 7.65. The number of aryl methyl sites for hydroxylation is 1. The van der Waals surface area contributed by atoms with Crippen LogP contribution < -0.4 is 5.32 Å². The Morgan fingerprint density at radius 1 is 1.48 bits per heavy atom. The molecule has 6 nitrogen and oxygen atoms in total. The number of hydrogen-bond donors (Lipinski definition) is 1. The number of aromatic nitrogens is 2. The van der Waals surface area contributed by atoms with Crippen molar-refractivity contribution < 1.29 is 9.53 Å². The lowest BCUT2D eigenvalue weighted by molar-refractivity contribution is -0.144. The molecule has 0 saturated carbocycles. The first-order valence-corrected chi connectivity index (χ1v) is 7.65. The van der Waals surface area contributed by atoms with E-state index in [0.29, 0.717) is 12.6 Å². The van der Waals surface area contributed by atoms with Crippen LogP contribution in [0.5, 0.6) is 0 Å². The maximum atomic E-state index is 11.6. The molecule has 1 fully saturated rings. The molecule has 0 spiro atoms. The highest BCUT2D eigenvalue weighted by Gasteiger charge is 2.20. The van der Waals surface area contributed by atoms with Gasteiger partial charge in [0.1, 0.15) is 6.54 Å². The van der Waals surface area contributed by atoms with E-state index >= 15 is 0 Å². The lowest BCUT2D eigenvalue weighted by Crippen LogP contribution is -2.48. The fourth-order valence-corrected chi connectivity index (χ4v) is 2.83. The van der Waals surface area contributed by atoms with Crippen LogP contribution in [-0.4, -0.2) is 52.9 Å². The third-order valence-corrected chi connectivity index (χ3v) is 3.95. The van der Waals surface area contributed by atoms with Gasteiger partial charge in [0.2, 0.25) is 0 Å². The highest BCUT2D eigenvalue weighted by molar-refractivity contribution is 5.69. The predicted octanol–water partition coefficient (Wildman–Crippen LogP) is 0.857. The van der Waals surface area contributed by atoms with Crippen LogP contribution >= 0.6 is 0 Å². The van der Waals surface area contributed by atoms with E-state index in [4.69, 9.17) is 4.74 Å². The van der Waals surface area contributed by atoms with E-state index in [1.54, 1.807) is 4.68 Å². The highest BCUT2D eigenvalue weighted by atomic mass is 16.5.